The van der Waals surface area contributed by atoms with Gasteiger partial charge in [-0.2, -0.15) is 0 Å². The van der Waals surface area contributed by atoms with Gasteiger partial charge in [-0.25, -0.2) is 0 Å². The molecule has 1 unspecified atom stereocenters. The smallest absolute Gasteiger partial charge is 0.0615 e. The summed E-state index contributed by atoms with van der Waals surface area (Å²) in [6.07, 6.45) is 1.83. The molecule has 0 spiro atoms. The summed E-state index contributed by atoms with van der Waals surface area (Å²) in [4.78, 5) is 0. The maximum absolute atomic E-state index is 8.89. The van der Waals surface area contributed by atoms with Crippen molar-refractivity contribution in [2.45, 2.75) is 46.2 Å². The second-order valence-corrected chi connectivity index (χ2v) is 5.07. The van der Waals surface area contributed by atoms with Crippen molar-refractivity contribution in [2.75, 3.05) is 13.2 Å². The molecule has 0 radical (unpaired) electrons. The molecule has 3 heteroatoms. The number of nitrogens with one attached hydrogen (secondary N) is 1. The van der Waals surface area contributed by atoms with E-state index in [0.717, 1.165) is 12.1 Å². The molecule has 0 bridgehead atoms. The van der Waals surface area contributed by atoms with Gasteiger partial charge in [0, 0.05) is 24.0 Å². The van der Waals surface area contributed by atoms with E-state index in [2.05, 4.69) is 19.2 Å². The van der Waals surface area contributed by atoms with Gasteiger partial charge in [0.15, 0.2) is 0 Å². The molecule has 0 amide bonds. The Hall–Kier alpha value is -0.380. The van der Waals surface area contributed by atoms with Crippen LogP contribution in [-0.2, 0) is 0 Å². The van der Waals surface area contributed by atoms with Gasteiger partial charge in [-0.05, 0) is 20.8 Å². The molecule has 0 rings (SSSR count). The molecule has 0 aromatic heterocycles. The number of rotatable bonds is 6. The third-order valence-electron chi connectivity index (χ3n) is 2.59. The number of nitrogens with two attached hydrogens (primary N) is 1. The Morgan fingerprint density at radius 1 is 1.47 bits per heavy atom. The monoisotopic (exact) mass is 214 g/mol. The summed E-state index contributed by atoms with van der Waals surface area (Å²) in [5.74, 6) is 0.257. The van der Waals surface area contributed by atoms with Crippen LogP contribution in [0, 0.1) is 5.92 Å². The highest BCUT2D eigenvalue weighted by Gasteiger charge is 2.26. The number of hydrogen-bond acceptors (Lipinski definition) is 3. The summed E-state index contributed by atoms with van der Waals surface area (Å²) < 4.78 is 0. The molecule has 0 saturated carbocycles. The normalized spacial score (nSPS) is 15.9. The largest absolute Gasteiger partial charge is 0.392 e. The maximum atomic E-state index is 8.89. The lowest BCUT2D eigenvalue weighted by molar-refractivity contribution is 0.323. The highest BCUT2D eigenvalue weighted by atomic mass is 16.2. The molecule has 15 heavy (non-hydrogen) atoms. The van der Waals surface area contributed by atoms with Crippen molar-refractivity contribution in [3.63, 3.8) is 0 Å². The van der Waals surface area contributed by atoms with E-state index in [-0.39, 0.29) is 18.1 Å². The summed E-state index contributed by atoms with van der Waals surface area (Å²) in [5, 5.41) is 12.3. The highest BCUT2D eigenvalue weighted by molar-refractivity contribution is 5.10. The Morgan fingerprint density at radius 3 is 2.33 bits per heavy atom. The Balaban J connectivity index is 4.53. The number of hydrogen-bond donors (Lipinski definition) is 3. The van der Waals surface area contributed by atoms with Crippen LogP contribution in [0.4, 0.5) is 0 Å². The summed E-state index contributed by atoms with van der Waals surface area (Å²) in [7, 11) is 0. The van der Waals surface area contributed by atoms with Crippen LogP contribution in [-0.4, -0.2) is 29.8 Å². The predicted molar refractivity (Wildman–Crippen MR) is 65.7 cm³/mol. The zero-order chi connectivity index (χ0) is 12.1. The molecule has 0 aliphatic carbocycles. The minimum atomic E-state index is -0.266. The quantitative estimate of drug-likeness (QED) is 0.584. The van der Waals surface area contributed by atoms with Crippen molar-refractivity contribution >= 4 is 0 Å². The van der Waals surface area contributed by atoms with Gasteiger partial charge in [-0.3, -0.25) is 0 Å². The topological polar surface area (TPSA) is 58.3 Å². The van der Waals surface area contributed by atoms with Gasteiger partial charge in [0.2, 0.25) is 0 Å². The molecule has 90 valence electrons. The Kier molecular flexibility index (Phi) is 6.10. The van der Waals surface area contributed by atoms with E-state index >= 15 is 0 Å². The summed E-state index contributed by atoms with van der Waals surface area (Å²) in [5.41, 5.74) is 7.02. The van der Waals surface area contributed by atoms with Crippen molar-refractivity contribution in [1.29, 1.82) is 0 Å². The molecule has 0 aliphatic heterocycles. The molecule has 0 fully saturated rings. The van der Waals surface area contributed by atoms with Gasteiger partial charge in [0.1, 0.15) is 0 Å². The van der Waals surface area contributed by atoms with E-state index in [9.17, 15) is 0 Å². The summed E-state index contributed by atoms with van der Waals surface area (Å²) >= 11 is 0. The van der Waals surface area contributed by atoms with E-state index in [4.69, 9.17) is 10.8 Å². The lowest BCUT2D eigenvalue weighted by Gasteiger charge is -2.32. The first kappa shape index (κ1) is 14.6. The minimum Gasteiger partial charge on any atom is -0.392 e. The van der Waals surface area contributed by atoms with Crippen molar-refractivity contribution in [3.05, 3.63) is 11.6 Å². The van der Waals surface area contributed by atoms with Gasteiger partial charge in [-0.15, -0.1) is 0 Å². The van der Waals surface area contributed by atoms with Crippen LogP contribution in [0.3, 0.4) is 0 Å². The third kappa shape index (κ3) is 5.92. The molecule has 0 aromatic rings. The van der Waals surface area contributed by atoms with Crippen LogP contribution in [0.1, 0.15) is 34.6 Å². The van der Waals surface area contributed by atoms with Gasteiger partial charge in [0.05, 0.1) is 6.61 Å². The van der Waals surface area contributed by atoms with Crippen molar-refractivity contribution in [3.8, 4) is 0 Å². The lowest BCUT2D eigenvalue weighted by atomic mass is 9.82. The van der Waals surface area contributed by atoms with Crippen molar-refractivity contribution < 1.29 is 5.11 Å². The average molecular weight is 214 g/mol. The second-order valence-electron chi connectivity index (χ2n) is 5.07. The van der Waals surface area contributed by atoms with Crippen LogP contribution < -0.4 is 11.1 Å². The van der Waals surface area contributed by atoms with E-state index in [1.54, 1.807) is 0 Å². The van der Waals surface area contributed by atoms with Crippen LogP contribution in [0.25, 0.3) is 0 Å². The zero-order valence-electron chi connectivity index (χ0n) is 10.7. The predicted octanol–water partition coefficient (Wildman–Crippen LogP) is 1.28. The first-order chi connectivity index (χ1) is 6.79. The molecule has 0 saturated heterocycles. The molecular weight excluding hydrogens is 188 g/mol. The van der Waals surface area contributed by atoms with E-state index in [1.165, 1.54) is 0 Å². The van der Waals surface area contributed by atoms with E-state index in [1.807, 2.05) is 26.8 Å². The summed E-state index contributed by atoms with van der Waals surface area (Å²) in [6, 6.07) is 0.455. The molecule has 3 nitrogen and oxygen atoms in total. The fraction of sp³-hybridized carbons (Fsp3) is 0.833. The van der Waals surface area contributed by atoms with Gasteiger partial charge in [0.25, 0.3) is 0 Å². The SMILES string of the molecule is CC(=CCO)C(CNC(C)C)C(C)(C)N. The molecule has 0 aliphatic rings. The van der Waals surface area contributed by atoms with Gasteiger partial charge in [-0.1, -0.05) is 25.5 Å². The van der Waals surface area contributed by atoms with Gasteiger partial charge >= 0.3 is 0 Å². The fourth-order valence-corrected chi connectivity index (χ4v) is 1.65. The zero-order valence-corrected chi connectivity index (χ0v) is 10.7. The first-order valence-corrected chi connectivity index (χ1v) is 5.58. The molecule has 4 N–H and O–H groups in total. The number of aliphatic hydroxyl groups excluding tert-OH is 1. The highest BCUT2D eigenvalue weighted by Crippen LogP contribution is 2.21. The van der Waals surface area contributed by atoms with Crippen molar-refractivity contribution in [2.24, 2.45) is 11.7 Å². The van der Waals surface area contributed by atoms with Crippen LogP contribution in [0.2, 0.25) is 0 Å². The lowest BCUT2D eigenvalue weighted by Crippen LogP contribution is -2.47. The Bertz CT molecular complexity index is 204. The summed E-state index contributed by atoms with van der Waals surface area (Å²) in [6.45, 7) is 11.2. The molecular formula is C12H26N2O. The van der Waals surface area contributed by atoms with Gasteiger partial charge < -0.3 is 16.2 Å². The standard InChI is InChI=1S/C12H26N2O/c1-9(2)14-8-11(12(4,5)13)10(3)6-7-15/h6,9,11,14-15H,7-8,13H2,1-5H3. The first-order valence-electron chi connectivity index (χ1n) is 5.58. The Morgan fingerprint density at radius 2 is 2.00 bits per heavy atom. The van der Waals surface area contributed by atoms with Crippen molar-refractivity contribution in [1.82, 2.24) is 5.32 Å². The third-order valence-corrected chi connectivity index (χ3v) is 2.59. The molecule has 0 aromatic carbocycles. The van der Waals surface area contributed by atoms with Crippen LogP contribution in [0.5, 0.6) is 0 Å². The Labute approximate surface area is 93.7 Å². The van der Waals surface area contributed by atoms with Crippen LogP contribution >= 0.6 is 0 Å². The van der Waals surface area contributed by atoms with Crippen LogP contribution in [0.15, 0.2) is 11.6 Å². The maximum Gasteiger partial charge on any atom is 0.0615 e. The van der Waals surface area contributed by atoms with E-state index in [0.29, 0.717) is 6.04 Å². The number of aliphatic hydroxyl groups is 1. The molecule has 0 heterocycles. The minimum absolute atomic E-state index is 0.0834. The fourth-order valence-electron chi connectivity index (χ4n) is 1.65. The second kappa shape index (κ2) is 6.26. The van der Waals surface area contributed by atoms with E-state index < -0.39 is 0 Å². The average Bonchev–Trinajstić information content (AvgIpc) is 2.01. The molecule has 1 atom stereocenters.